The minimum atomic E-state index is -0.0383. The van der Waals surface area contributed by atoms with Gasteiger partial charge >= 0.3 is 0 Å². The van der Waals surface area contributed by atoms with Crippen LogP contribution in [0.3, 0.4) is 0 Å². The number of rotatable bonds is 48. The van der Waals surface area contributed by atoms with Gasteiger partial charge in [-0.3, -0.25) is 9.59 Å². The smallest absolute Gasteiger partial charge is 0.239 e. The Bertz CT molecular complexity index is 882. The second-order valence-corrected chi connectivity index (χ2v) is 18.1. The van der Waals surface area contributed by atoms with Gasteiger partial charge < -0.3 is 10.6 Å². The van der Waals surface area contributed by atoms with E-state index in [0.29, 0.717) is 0 Å². The summed E-state index contributed by atoms with van der Waals surface area (Å²) in [7, 11) is 0. The van der Waals surface area contributed by atoms with Crippen LogP contribution in [0.1, 0.15) is 290 Å². The van der Waals surface area contributed by atoms with Crippen molar-refractivity contribution in [1.29, 1.82) is 0 Å². The largest absolute Gasteiger partial charge is 0.355 e. The van der Waals surface area contributed by atoms with Gasteiger partial charge in [0.2, 0.25) is 11.8 Å². The summed E-state index contributed by atoms with van der Waals surface area (Å²) < 4.78 is 0. The molecule has 0 rings (SSSR count). The molecule has 0 saturated heterocycles. The van der Waals surface area contributed by atoms with E-state index in [2.05, 4.69) is 55.7 Å². The van der Waals surface area contributed by atoms with E-state index in [1.807, 2.05) is 0 Å². The highest BCUT2D eigenvalue weighted by Crippen LogP contribution is 2.20. The van der Waals surface area contributed by atoms with E-state index in [1.54, 1.807) is 0 Å². The van der Waals surface area contributed by atoms with Crippen LogP contribution >= 0.6 is 0 Å². The molecule has 0 aromatic carbocycles. The van der Waals surface area contributed by atoms with E-state index in [0.717, 1.165) is 38.6 Å². The van der Waals surface area contributed by atoms with Gasteiger partial charge in [-0.1, -0.05) is 244 Å². The van der Waals surface area contributed by atoms with Crippen LogP contribution in [0.25, 0.3) is 0 Å². The van der Waals surface area contributed by atoms with E-state index in [1.165, 1.54) is 238 Å². The van der Waals surface area contributed by atoms with Crippen LogP contribution in [0, 0.1) is 5.92 Å². The number of unbranched alkanes of at least 4 members (excludes halogenated alkanes) is 35. The van der Waals surface area contributed by atoms with E-state index in [-0.39, 0.29) is 24.3 Å². The molecule has 0 spiro atoms. The first-order valence-electron chi connectivity index (χ1n) is 26.5. The Morgan fingerprint density at radius 1 is 0.345 bits per heavy atom. The maximum atomic E-state index is 13.3. The van der Waals surface area contributed by atoms with Gasteiger partial charge in [0.15, 0.2) is 0 Å². The summed E-state index contributed by atoms with van der Waals surface area (Å²) in [4.78, 5) is 25.9. The quantitative estimate of drug-likeness (QED) is 0.0475. The van der Waals surface area contributed by atoms with Crippen molar-refractivity contribution in [2.75, 3.05) is 13.1 Å². The fourth-order valence-electron chi connectivity index (χ4n) is 8.25. The molecule has 4 nitrogen and oxygen atoms in total. The van der Waals surface area contributed by atoms with Crippen molar-refractivity contribution >= 4 is 11.8 Å². The summed E-state index contributed by atoms with van der Waals surface area (Å²) in [5, 5.41) is 6.08. The minimum Gasteiger partial charge on any atom is -0.355 e. The monoisotopic (exact) mass is 813 g/mol. The van der Waals surface area contributed by atoms with Crippen LogP contribution in [-0.4, -0.2) is 24.9 Å². The second kappa shape index (κ2) is 49.8. The molecule has 342 valence electrons. The number of allylic oxidation sites excluding steroid dienone is 4. The predicted molar refractivity (Wildman–Crippen MR) is 259 cm³/mol. The highest BCUT2D eigenvalue weighted by molar-refractivity contribution is 5.85. The molecule has 0 fully saturated rings. The molecule has 2 N–H and O–H groups in total. The van der Waals surface area contributed by atoms with Crippen LogP contribution in [-0.2, 0) is 9.59 Å². The van der Waals surface area contributed by atoms with E-state index < -0.39 is 0 Å². The predicted octanol–water partition coefficient (Wildman–Crippen LogP) is 17.4. The van der Waals surface area contributed by atoms with Gasteiger partial charge in [0.25, 0.3) is 0 Å². The van der Waals surface area contributed by atoms with Gasteiger partial charge in [-0.15, -0.1) is 0 Å². The molecule has 0 saturated carbocycles. The third-order valence-electron chi connectivity index (χ3n) is 12.3. The summed E-state index contributed by atoms with van der Waals surface area (Å²) in [6.45, 7) is 7.69. The number of carbonyl (C=O) groups excluding carboxylic acids is 2. The van der Waals surface area contributed by atoms with Crippen LogP contribution < -0.4 is 10.6 Å². The van der Waals surface area contributed by atoms with Gasteiger partial charge in [0, 0.05) is 12.5 Å². The normalized spacial score (nSPS) is 12.3. The first-order chi connectivity index (χ1) is 28.7. The van der Waals surface area contributed by atoms with Crippen molar-refractivity contribution in [3.05, 3.63) is 24.3 Å². The molecule has 0 aliphatic carbocycles. The zero-order valence-electron chi connectivity index (χ0n) is 39.8. The molecular formula is C54H104N2O2. The maximum absolute atomic E-state index is 13.3. The highest BCUT2D eigenvalue weighted by atomic mass is 16.2. The molecule has 4 heteroatoms. The van der Waals surface area contributed by atoms with Crippen molar-refractivity contribution in [3.63, 3.8) is 0 Å². The molecule has 0 aromatic rings. The molecule has 0 aliphatic rings. The molecule has 0 heterocycles. The van der Waals surface area contributed by atoms with Crippen LogP contribution in [0.2, 0.25) is 0 Å². The van der Waals surface area contributed by atoms with Crippen molar-refractivity contribution < 1.29 is 9.59 Å². The van der Waals surface area contributed by atoms with Crippen molar-refractivity contribution in [1.82, 2.24) is 10.6 Å². The summed E-state index contributed by atoms with van der Waals surface area (Å²) >= 11 is 0. The lowest BCUT2D eigenvalue weighted by Crippen LogP contribution is -2.40. The van der Waals surface area contributed by atoms with Crippen molar-refractivity contribution in [3.8, 4) is 0 Å². The third kappa shape index (κ3) is 45.5. The summed E-state index contributed by atoms with van der Waals surface area (Å²) in [6, 6.07) is 0. The Balaban J connectivity index is 4.24. The number of hydrogen-bond acceptors (Lipinski definition) is 2. The Hall–Kier alpha value is -1.58. The molecule has 1 unspecified atom stereocenters. The average molecular weight is 813 g/mol. The zero-order chi connectivity index (χ0) is 42.1. The van der Waals surface area contributed by atoms with Gasteiger partial charge in [-0.2, -0.15) is 0 Å². The molecule has 0 aromatic heterocycles. The van der Waals surface area contributed by atoms with Crippen LogP contribution in [0.15, 0.2) is 24.3 Å². The second-order valence-electron chi connectivity index (χ2n) is 18.1. The van der Waals surface area contributed by atoms with Crippen molar-refractivity contribution in [2.24, 2.45) is 5.92 Å². The van der Waals surface area contributed by atoms with Gasteiger partial charge in [0.05, 0.1) is 6.54 Å². The molecule has 0 radical (unpaired) electrons. The van der Waals surface area contributed by atoms with Gasteiger partial charge in [-0.05, 0) is 70.6 Å². The average Bonchev–Trinajstić information content (AvgIpc) is 3.23. The molecule has 1 atom stereocenters. The molecular weight excluding hydrogens is 709 g/mol. The SMILES string of the molecule is CCCCCCCC/C=C\CCCCCCCCC(CCCCCC/C=C\CCCCCCCC)C(=O)NCC(=O)NCCCCCCCCCCCCCCCC. The summed E-state index contributed by atoms with van der Waals surface area (Å²) in [5.74, 6) is 0.0909. The molecule has 58 heavy (non-hydrogen) atoms. The Morgan fingerprint density at radius 2 is 0.621 bits per heavy atom. The van der Waals surface area contributed by atoms with Crippen LogP contribution in [0.4, 0.5) is 0 Å². The Kier molecular flexibility index (Phi) is 48.4. The van der Waals surface area contributed by atoms with Crippen molar-refractivity contribution in [2.45, 2.75) is 290 Å². The Morgan fingerprint density at radius 3 is 0.948 bits per heavy atom. The lowest BCUT2D eigenvalue weighted by atomic mass is 9.93. The number of hydrogen-bond donors (Lipinski definition) is 2. The van der Waals surface area contributed by atoms with Crippen LogP contribution in [0.5, 0.6) is 0 Å². The fourth-order valence-corrected chi connectivity index (χ4v) is 8.25. The summed E-state index contributed by atoms with van der Waals surface area (Å²) in [5.41, 5.74) is 0. The number of amides is 2. The summed E-state index contributed by atoms with van der Waals surface area (Å²) in [6.07, 6.45) is 63.9. The minimum absolute atomic E-state index is 0.0348. The van der Waals surface area contributed by atoms with E-state index in [9.17, 15) is 9.59 Å². The standard InChI is InChI=1S/C54H104N2O2/c1-4-7-10-13-16-19-22-25-28-29-31-34-37-40-43-46-49-52(48-45-42-39-36-33-30-26-23-20-17-14-11-8-5-2)54(58)56-51-53(57)55-50-47-44-41-38-35-32-27-24-21-18-15-12-9-6-3/h25-26,28,30,52H,4-24,27,29,31-51H2,1-3H3,(H,55,57)(H,56,58)/b28-25-,30-26-. The highest BCUT2D eigenvalue weighted by Gasteiger charge is 2.18. The molecule has 2 amide bonds. The number of nitrogens with one attached hydrogen (secondary N) is 2. The third-order valence-corrected chi connectivity index (χ3v) is 12.3. The zero-order valence-corrected chi connectivity index (χ0v) is 39.8. The first-order valence-corrected chi connectivity index (χ1v) is 26.5. The molecule has 0 aliphatic heterocycles. The topological polar surface area (TPSA) is 58.2 Å². The molecule has 0 bridgehead atoms. The maximum Gasteiger partial charge on any atom is 0.239 e. The Labute approximate surface area is 364 Å². The first kappa shape index (κ1) is 56.4. The van der Waals surface area contributed by atoms with Gasteiger partial charge in [0.1, 0.15) is 0 Å². The van der Waals surface area contributed by atoms with E-state index >= 15 is 0 Å². The lowest BCUT2D eigenvalue weighted by Gasteiger charge is -2.17. The van der Waals surface area contributed by atoms with E-state index in [4.69, 9.17) is 0 Å². The fraction of sp³-hybridized carbons (Fsp3) is 0.889. The van der Waals surface area contributed by atoms with Gasteiger partial charge in [-0.25, -0.2) is 0 Å². The number of carbonyl (C=O) groups is 2. The lowest BCUT2D eigenvalue weighted by molar-refractivity contribution is -0.129.